The van der Waals surface area contributed by atoms with Crippen LogP contribution in [0, 0.1) is 12.8 Å². The molecular weight excluding hydrogens is 260 g/mol. The van der Waals surface area contributed by atoms with E-state index in [1.807, 2.05) is 6.07 Å². The highest BCUT2D eigenvalue weighted by molar-refractivity contribution is 5.67. The average Bonchev–Trinajstić information content (AvgIpc) is 2.66. The number of rotatable bonds is 3. The van der Waals surface area contributed by atoms with Gasteiger partial charge in [-0.1, -0.05) is 58.4 Å². The summed E-state index contributed by atoms with van der Waals surface area (Å²) in [5, 5.41) is 15.3. The zero-order valence-electron chi connectivity index (χ0n) is 13.9. The summed E-state index contributed by atoms with van der Waals surface area (Å²) < 4.78 is 1.74. The lowest BCUT2D eigenvalue weighted by atomic mass is 9.85. The van der Waals surface area contributed by atoms with Gasteiger partial charge in [0.25, 0.3) is 0 Å². The van der Waals surface area contributed by atoms with Crippen LogP contribution in [0.3, 0.4) is 0 Å². The number of hydrogen-bond donors (Lipinski definition) is 1. The highest BCUT2D eigenvalue weighted by atomic mass is 16.3. The summed E-state index contributed by atoms with van der Waals surface area (Å²) in [6, 6.07) is 8.29. The standard InChI is InChI=1S/C18H26N2O/c1-12(2)11-20-17(21)15(18(4,5)6)16(19-20)14-9-7-8-13(3)10-14/h7-10,12,21H,11H2,1-6H3. The molecule has 0 aliphatic rings. The van der Waals surface area contributed by atoms with Crippen molar-refractivity contribution in [2.24, 2.45) is 5.92 Å². The molecule has 0 unspecified atom stereocenters. The van der Waals surface area contributed by atoms with Crippen LogP contribution in [0.15, 0.2) is 24.3 Å². The third-order valence-corrected chi connectivity index (χ3v) is 3.51. The zero-order valence-corrected chi connectivity index (χ0v) is 13.9. The van der Waals surface area contributed by atoms with Gasteiger partial charge in [-0.15, -0.1) is 0 Å². The molecule has 3 nitrogen and oxygen atoms in total. The van der Waals surface area contributed by atoms with Crippen LogP contribution in [0.25, 0.3) is 11.3 Å². The van der Waals surface area contributed by atoms with Gasteiger partial charge in [0.2, 0.25) is 5.88 Å². The predicted octanol–water partition coefficient (Wildman–Crippen LogP) is 4.52. The molecule has 0 amide bonds. The summed E-state index contributed by atoms with van der Waals surface area (Å²) in [5.74, 6) is 0.738. The lowest BCUT2D eigenvalue weighted by molar-refractivity contribution is 0.361. The Labute approximate surface area is 127 Å². The van der Waals surface area contributed by atoms with E-state index in [2.05, 4.69) is 59.7 Å². The molecule has 0 aliphatic carbocycles. The maximum absolute atomic E-state index is 10.6. The van der Waals surface area contributed by atoms with Gasteiger partial charge in [-0.25, -0.2) is 4.68 Å². The maximum atomic E-state index is 10.6. The molecule has 0 saturated heterocycles. The van der Waals surface area contributed by atoms with E-state index in [0.29, 0.717) is 11.8 Å². The van der Waals surface area contributed by atoms with Crippen molar-refractivity contribution < 1.29 is 5.11 Å². The van der Waals surface area contributed by atoms with Gasteiger partial charge in [-0.05, 0) is 24.3 Å². The van der Waals surface area contributed by atoms with Crippen molar-refractivity contribution in [3.8, 4) is 17.1 Å². The minimum absolute atomic E-state index is 0.154. The van der Waals surface area contributed by atoms with Gasteiger partial charge in [0.05, 0.1) is 5.69 Å². The van der Waals surface area contributed by atoms with Crippen LogP contribution in [0.2, 0.25) is 0 Å². The summed E-state index contributed by atoms with van der Waals surface area (Å²) >= 11 is 0. The molecule has 1 N–H and O–H groups in total. The van der Waals surface area contributed by atoms with Crippen molar-refractivity contribution in [1.29, 1.82) is 0 Å². The Morgan fingerprint density at radius 2 is 1.90 bits per heavy atom. The highest BCUT2D eigenvalue weighted by Gasteiger charge is 2.28. The molecule has 0 fully saturated rings. The average molecular weight is 286 g/mol. The van der Waals surface area contributed by atoms with E-state index in [1.165, 1.54) is 5.56 Å². The van der Waals surface area contributed by atoms with Crippen molar-refractivity contribution in [2.45, 2.75) is 53.5 Å². The Morgan fingerprint density at radius 3 is 2.43 bits per heavy atom. The van der Waals surface area contributed by atoms with E-state index in [4.69, 9.17) is 5.10 Å². The maximum Gasteiger partial charge on any atom is 0.213 e. The quantitative estimate of drug-likeness (QED) is 0.901. The Hall–Kier alpha value is -1.77. The third-order valence-electron chi connectivity index (χ3n) is 3.51. The number of aromatic nitrogens is 2. The van der Waals surface area contributed by atoms with E-state index >= 15 is 0 Å². The smallest absolute Gasteiger partial charge is 0.213 e. The van der Waals surface area contributed by atoms with Crippen LogP contribution >= 0.6 is 0 Å². The second-order valence-corrected chi connectivity index (χ2v) is 7.24. The molecule has 0 saturated carbocycles. The van der Waals surface area contributed by atoms with Crippen LogP contribution in [-0.2, 0) is 12.0 Å². The topological polar surface area (TPSA) is 38.0 Å². The first-order chi connectivity index (χ1) is 9.70. The van der Waals surface area contributed by atoms with Crippen LogP contribution < -0.4 is 0 Å². The first-order valence-corrected chi connectivity index (χ1v) is 7.57. The molecule has 1 heterocycles. The third kappa shape index (κ3) is 3.29. The molecule has 1 aromatic carbocycles. The van der Waals surface area contributed by atoms with Crippen molar-refractivity contribution in [2.75, 3.05) is 0 Å². The van der Waals surface area contributed by atoms with Crippen molar-refractivity contribution in [3.05, 3.63) is 35.4 Å². The number of benzene rings is 1. The van der Waals surface area contributed by atoms with Gasteiger partial charge in [0.1, 0.15) is 0 Å². The SMILES string of the molecule is Cc1cccc(-c2nn(CC(C)C)c(O)c2C(C)(C)C)c1. The number of hydrogen-bond acceptors (Lipinski definition) is 2. The molecule has 0 atom stereocenters. The molecule has 0 bridgehead atoms. The first-order valence-electron chi connectivity index (χ1n) is 7.57. The van der Waals surface area contributed by atoms with Gasteiger partial charge < -0.3 is 5.11 Å². The van der Waals surface area contributed by atoms with E-state index in [-0.39, 0.29) is 5.41 Å². The van der Waals surface area contributed by atoms with Crippen molar-refractivity contribution in [3.63, 3.8) is 0 Å². The lowest BCUT2D eigenvalue weighted by Crippen LogP contribution is -2.12. The van der Waals surface area contributed by atoms with E-state index in [0.717, 1.165) is 23.4 Å². The second kappa shape index (κ2) is 5.55. The molecule has 2 rings (SSSR count). The number of aryl methyl sites for hydroxylation is 1. The van der Waals surface area contributed by atoms with Gasteiger partial charge in [0, 0.05) is 17.7 Å². The van der Waals surface area contributed by atoms with Gasteiger partial charge >= 0.3 is 0 Å². The van der Waals surface area contributed by atoms with Crippen LogP contribution in [0.1, 0.15) is 45.7 Å². The monoisotopic (exact) mass is 286 g/mol. The predicted molar refractivity (Wildman–Crippen MR) is 87.6 cm³/mol. The largest absolute Gasteiger partial charge is 0.493 e. The molecule has 3 heteroatoms. The lowest BCUT2D eigenvalue weighted by Gasteiger charge is -2.19. The van der Waals surface area contributed by atoms with E-state index in [1.54, 1.807) is 4.68 Å². The Bertz CT molecular complexity index is 633. The fourth-order valence-corrected chi connectivity index (χ4v) is 2.61. The molecule has 21 heavy (non-hydrogen) atoms. The normalized spacial score (nSPS) is 12.1. The highest BCUT2D eigenvalue weighted by Crippen LogP contribution is 2.39. The summed E-state index contributed by atoms with van der Waals surface area (Å²) in [7, 11) is 0. The fourth-order valence-electron chi connectivity index (χ4n) is 2.61. The zero-order chi connectivity index (χ0) is 15.8. The Kier molecular flexibility index (Phi) is 4.13. The van der Waals surface area contributed by atoms with Gasteiger partial charge in [-0.3, -0.25) is 0 Å². The molecule has 2 aromatic rings. The minimum Gasteiger partial charge on any atom is -0.493 e. The Balaban J connectivity index is 2.64. The van der Waals surface area contributed by atoms with Crippen LogP contribution in [-0.4, -0.2) is 14.9 Å². The first kappa shape index (κ1) is 15.6. The minimum atomic E-state index is -0.154. The molecule has 114 valence electrons. The van der Waals surface area contributed by atoms with Crippen LogP contribution in [0.4, 0.5) is 0 Å². The summed E-state index contributed by atoms with van der Waals surface area (Å²) in [5.41, 5.74) is 3.93. The Morgan fingerprint density at radius 1 is 1.24 bits per heavy atom. The van der Waals surface area contributed by atoms with E-state index < -0.39 is 0 Å². The van der Waals surface area contributed by atoms with Gasteiger partial charge in [-0.2, -0.15) is 5.10 Å². The van der Waals surface area contributed by atoms with Crippen molar-refractivity contribution >= 4 is 0 Å². The molecular formula is C18H26N2O. The number of nitrogens with zero attached hydrogens (tertiary/aromatic N) is 2. The molecule has 1 aromatic heterocycles. The molecule has 0 radical (unpaired) electrons. The number of aromatic hydroxyl groups is 1. The fraction of sp³-hybridized carbons (Fsp3) is 0.500. The van der Waals surface area contributed by atoms with Crippen molar-refractivity contribution in [1.82, 2.24) is 9.78 Å². The van der Waals surface area contributed by atoms with E-state index in [9.17, 15) is 5.11 Å². The second-order valence-electron chi connectivity index (χ2n) is 7.24. The summed E-state index contributed by atoms with van der Waals surface area (Å²) in [6.07, 6.45) is 0. The molecule has 0 aliphatic heterocycles. The summed E-state index contributed by atoms with van der Waals surface area (Å²) in [4.78, 5) is 0. The summed E-state index contributed by atoms with van der Waals surface area (Å²) in [6.45, 7) is 13.4. The van der Waals surface area contributed by atoms with Crippen LogP contribution in [0.5, 0.6) is 5.88 Å². The van der Waals surface area contributed by atoms with Gasteiger partial charge in [0.15, 0.2) is 0 Å². The molecule has 0 spiro atoms.